The molecule has 3 heteroatoms. The van der Waals surface area contributed by atoms with E-state index in [1.54, 1.807) is 0 Å². The van der Waals surface area contributed by atoms with Crippen molar-refractivity contribution in [2.24, 2.45) is 7.05 Å². The number of benzene rings is 1. The average Bonchev–Trinajstić information content (AvgIpc) is 2.71. The third-order valence-corrected chi connectivity index (χ3v) is 3.05. The van der Waals surface area contributed by atoms with Gasteiger partial charge in [0, 0.05) is 25.4 Å². The van der Waals surface area contributed by atoms with Gasteiger partial charge in [0.05, 0.1) is 11.2 Å². The van der Waals surface area contributed by atoms with E-state index in [0.29, 0.717) is 0 Å². The van der Waals surface area contributed by atoms with Crippen LogP contribution in [0.2, 0.25) is 0 Å². The zero-order chi connectivity index (χ0) is 12.8. The molecule has 3 nitrogen and oxygen atoms in total. The van der Waals surface area contributed by atoms with E-state index in [4.69, 9.17) is 6.42 Å². The molecule has 1 aromatic carbocycles. The lowest BCUT2D eigenvalue weighted by Crippen LogP contribution is -2.15. The molecule has 94 valence electrons. The van der Waals surface area contributed by atoms with E-state index >= 15 is 0 Å². The minimum Gasteiger partial charge on any atom is -0.311 e. The van der Waals surface area contributed by atoms with E-state index in [0.717, 1.165) is 38.0 Å². The molecule has 2 rings (SSSR count). The maximum absolute atomic E-state index is 5.22. The highest BCUT2D eigenvalue weighted by Crippen LogP contribution is 2.16. The summed E-state index contributed by atoms with van der Waals surface area (Å²) in [5.74, 6) is 2.66. The smallest absolute Gasteiger partial charge is 0.0841 e. The van der Waals surface area contributed by atoms with E-state index in [1.807, 2.05) is 17.8 Å². The molecule has 0 radical (unpaired) electrons. The molecule has 0 aliphatic carbocycles. The van der Waals surface area contributed by atoms with Crippen molar-refractivity contribution in [2.75, 3.05) is 6.54 Å². The van der Waals surface area contributed by atoms with Gasteiger partial charge in [-0.3, -0.25) is 4.68 Å². The summed E-state index contributed by atoms with van der Waals surface area (Å²) in [7, 11) is 1.98. The van der Waals surface area contributed by atoms with Gasteiger partial charge in [-0.1, -0.05) is 18.2 Å². The van der Waals surface area contributed by atoms with Crippen molar-refractivity contribution in [3.63, 3.8) is 0 Å². The van der Waals surface area contributed by atoms with Crippen LogP contribution in [0.1, 0.15) is 25.0 Å². The van der Waals surface area contributed by atoms with Crippen LogP contribution in [0, 0.1) is 12.3 Å². The van der Waals surface area contributed by atoms with Crippen molar-refractivity contribution < 1.29 is 0 Å². The monoisotopic (exact) mass is 241 g/mol. The Hall–Kier alpha value is -1.79. The van der Waals surface area contributed by atoms with Crippen molar-refractivity contribution in [1.29, 1.82) is 0 Å². The Morgan fingerprint density at radius 2 is 2.17 bits per heavy atom. The normalized spacial score (nSPS) is 10.7. The molecule has 0 atom stereocenters. The van der Waals surface area contributed by atoms with Crippen LogP contribution in [0.5, 0.6) is 0 Å². The van der Waals surface area contributed by atoms with Crippen molar-refractivity contribution in [3.8, 4) is 12.3 Å². The zero-order valence-electron chi connectivity index (χ0n) is 10.8. The van der Waals surface area contributed by atoms with Crippen LogP contribution in [0.25, 0.3) is 10.9 Å². The Morgan fingerprint density at radius 3 is 3.00 bits per heavy atom. The number of aryl methyl sites for hydroxylation is 1. The largest absolute Gasteiger partial charge is 0.311 e. The second kappa shape index (κ2) is 6.23. The van der Waals surface area contributed by atoms with Gasteiger partial charge in [-0.25, -0.2) is 0 Å². The Bertz CT molecular complexity index is 548. The molecule has 0 unspecified atom stereocenters. The lowest BCUT2D eigenvalue weighted by atomic mass is 10.2. The third-order valence-electron chi connectivity index (χ3n) is 3.05. The van der Waals surface area contributed by atoms with Gasteiger partial charge >= 0.3 is 0 Å². The second-order valence-electron chi connectivity index (χ2n) is 4.43. The average molecular weight is 241 g/mol. The Kier molecular flexibility index (Phi) is 4.38. The highest BCUT2D eigenvalue weighted by molar-refractivity contribution is 5.81. The van der Waals surface area contributed by atoms with Gasteiger partial charge in [0.1, 0.15) is 0 Å². The Balaban J connectivity index is 1.90. The van der Waals surface area contributed by atoms with Gasteiger partial charge in [0.15, 0.2) is 0 Å². The first-order valence-electron chi connectivity index (χ1n) is 6.37. The van der Waals surface area contributed by atoms with Crippen LogP contribution < -0.4 is 5.32 Å². The summed E-state index contributed by atoms with van der Waals surface area (Å²) in [6, 6.07) is 8.32. The van der Waals surface area contributed by atoms with E-state index < -0.39 is 0 Å². The summed E-state index contributed by atoms with van der Waals surface area (Å²) in [4.78, 5) is 0. The number of unbranched alkanes of at least 4 members (excludes halogenated alkanes) is 2. The molecule has 0 aliphatic heterocycles. The van der Waals surface area contributed by atoms with Crippen LogP contribution in [0.3, 0.4) is 0 Å². The maximum atomic E-state index is 5.22. The highest BCUT2D eigenvalue weighted by Gasteiger charge is 2.06. The highest BCUT2D eigenvalue weighted by atomic mass is 15.3. The minimum absolute atomic E-state index is 0.817. The Morgan fingerprint density at radius 1 is 1.33 bits per heavy atom. The molecule has 0 bridgehead atoms. The van der Waals surface area contributed by atoms with Gasteiger partial charge in [-0.05, 0) is 25.5 Å². The first kappa shape index (κ1) is 12.7. The lowest BCUT2D eigenvalue weighted by Gasteiger charge is -2.01. The molecule has 18 heavy (non-hydrogen) atoms. The lowest BCUT2D eigenvalue weighted by molar-refractivity contribution is 0.616. The number of hydrogen-bond donors (Lipinski definition) is 1. The number of fused-ring (bicyclic) bond motifs is 1. The quantitative estimate of drug-likeness (QED) is 0.622. The summed E-state index contributed by atoms with van der Waals surface area (Å²) >= 11 is 0. The SMILES string of the molecule is C#CCCCCNCc1nn(C)c2ccccc12. The minimum atomic E-state index is 0.817. The molecular formula is C15H19N3. The number of hydrogen-bond acceptors (Lipinski definition) is 2. The maximum Gasteiger partial charge on any atom is 0.0841 e. The second-order valence-corrected chi connectivity index (χ2v) is 4.43. The fourth-order valence-corrected chi connectivity index (χ4v) is 2.10. The summed E-state index contributed by atoms with van der Waals surface area (Å²) in [5, 5.41) is 9.20. The molecule has 0 saturated carbocycles. The van der Waals surface area contributed by atoms with Gasteiger partial charge < -0.3 is 5.32 Å². The fourth-order valence-electron chi connectivity index (χ4n) is 2.10. The van der Waals surface area contributed by atoms with Crippen LogP contribution in [-0.4, -0.2) is 16.3 Å². The molecule has 0 saturated heterocycles. The molecule has 1 aromatic heterocycles. The number of rotatable bonds is 6. The van der Waals surface area contributed by atoms with E-state index in [1.165, 1.54) is 10.9 Å². The number of terminal acetylenes is 1. The van der Waals surface area contributed by atoms with Crippen LogP contribution in [0.4, 0.5) is 0 Å². The standard InChI is InChI=1S/C15H19N3/c1-3-4-5-8-11-16-12-14-13-9-6-7-10-15(13)18(2)17-14/h1,6-7,9-10,16H,4-5,8,11-12H2,2H3. The first-order chi connectivity index (χ1) is 8.83. The summed E-state index contributed by atoms with van der Waals surface area (Å²) < 4.78 is 1.94. The zero-order valence-corrected chi connectivity index (χ0v) is 10.8. The molecule has 0 fully saturated rings. The van der Waals surface area contributed by atoms with E-state index in [-0.39, 0.29) is 0 Å². The fraction of sp³-hybridized carbons (Fsp3) is 0.400. The van der Waals surface area contributed by atoms with Crippen LogP contribution >= 0.6 is 0 Å². The van der Waals surface area contributed by atoms with Crippen LogP contribution in [-0.2, 0) is 13.6 Å². The number of aromatic nitrogens is 2. The van der Waals surface area contributed by atoms with E-state index in [9.17, 15) is 0 Å². The van der Waals surface area contributed by atoms with Crippen molar-refractivity contribution in [2.45, 2.75) is 25.8 Å². The van der Waals surface area contributed by atoms with Gasteiger partial charge in [-0.2, -0.15) is 5.10 Å². The summed E-state index contributed by atoms with van der Waals surface area (Å²) in [6.45, 7) is 1.81. The number of nitrogens with one attached hydrogen (secondary N) is 1. The van der Waals surface area contributed by atoms with Crippen LogP contribution in [0.15, 0.2) is 24.3 Å². The molecule has 1 N–H and O–H groups in total. The molecule has 0 aliphatic rings. The van der Waals surface area contributed by atoms with Gasteiger partial charge in [-0.15, -0.1) is 12.3 Å². The number of para-hydroxylation sites is 1. The van der Waals surface area contributed by atoms with Gasteiger partial charge in [0.25, 0.3) is 0 Å². The first-order valence-corrected chi connectivity index (χ1v) is 6.37. The van der Waals surface area contributed by atoms with Gasteiger partial charge in [0.2, 0.25) is 0 Å². The summed E-state index contributed by atoms with van der Waals surface area (Å²) in [5.41, 5.74) is 2.30. The van der Waals surface area contributed by atoms with Crippen molar-refractivity contribution in [3.05, 3.63) is 30.0 Å². The molecule has 0 amide bonds. The topological polar surface area (TPSA) is 29.9 Å². The number of nitrogens with zero attached hydrogens (tertiary/aromatic N) is 2. The predicted molar refractivity (Wildman–Crippen MR) is 75.1 cm³/mol. The van der Waals surface area contributed by atoms with Crippen molar-refractivity contribution in [1.82, 2.24) is 15.1 Å². The third kappa shape index (κ3) is 2.91. The van der Waals surface area contributed by atoms with E-state index in [2.05, 4.69) is 34.5 Å². The molecule has 2 aromatic rings. The summed E-state index contributed by atoms with van der Waals surface area (Å²) in [6.07, 6.45) is 8.30. The molecule has 1 heterocycles. The van der Waals surface area contributed by atoms with Crippen molar-refractivity contribution >= 4 is 10.9 Å². The predicted octanol–water partition coefficient (Wildman–Crippen LogP) is 2.47. The Labute approximate surface area is 108 Å². The molecule has 0 spiro atoms. The molecular weight excluding hydrogens is 222 g/mol.